The predicted molar refractivity (Wildman–Crippen MR) is 103 cm³/mol. The van der Waals surface area contributed by atoms with Crippen LogP contribution in [0.5, 0.6) is 0 Å². The van der Waals surface area contributed by atoms with Crippen LogP contribution in [0, 0.1) is 0 Å². The van der Waals surface area contributed by atoms with Crippen molar-refractivity contribution in [2.45, 2.75) is 18.0 Å². The van der Waals surface area contributed by atoms with E-state index in [2.05, 4.69) is 20.3 Å². The summed E-state index contributed by atoms with van der Waals surface area (Å²) in [6, 6.07) is 3.89. The summed E-state index contributed by atoms with van der Waals surface area (Å²) in [5.41, 5.74) is -1.73. The average Bonchev–Trinajstić information content (AvgIpc) is 3.28. The zero-order valence-electron chi connectivity index (χ0n) is 15.8. The van der Waals surface area contributed by atoms with Crippen LogP contribution in [0.25, 0.3) is 22.3 Å². The molecule has 0 atom stereocenters. The lowest BCUT2D eigenvalue weighted by atomic mass is 10.1. The molecule has 4 rings (SSSR count). The third-order valence-electron chi connectivity index (χ3n) is 4.50. The standard InChI is InChI=1S/C18H13F3N6O3S/c1-2-31(29,30)15-8-13(27-23-5-6-24-27)10-22-16(15)26-17(28)14-7-12(18(19,20)21)4-3-11(14)9-25-26/h3-10H,2H2,1H3. The van der Waals surface area contributed by atoms with Crippen molar-refractivity contribution < 1.29 is 21.6 Å². The van der Waals surface area contributed by atoms with Crippen molar-refractivity contribution in [1.82, 2.24) is 29.8 Å². The summed E-state index contributed by atoms with van der Waals surface area (Å²) in [5.74, 6) is -0.639. The molecule has 0 radical (unpaired) electrons. The third kappa shape index (κ3) is 3.67. The lowest BCUT2D eigenvalue weighted by Crippen LogP contribution is -2.25. The molecule has 13 heteroatoms. The first-order valence-electron chi connectivity index (χ1n) is 8.81. The van der Waals surface area contributed by atoms with Crippen LogP contribution in [0.3, 0.4) is 0 Å². The number of fused-ring (bicyclic) bond motifs is 1. The van der Waals surface area contributed by atoms with Crippen molar-refractivity contribution in [3.63, 3.8) is 0 Å². The highest BCUT2D eigenvalue weighted by Gasteiger charge is 2.31. The number of benzene rings is 1. The number of aromatic nitrogens is 6. The predicted octanol–water partition coefficient (Wildman–Crippen LogP) is 2.17. The summed E-state index contributed by atoms with van der Waals surface area (Å²) >= 11 is 0. The highest BCUT2D eigenvalue weighted by atomic mass is 32.2. The van der Waals surface area contributed by atoms with E-state index < -0.39 is 27.1 Å². The number of nitrogens with zero attached hydrogens (tertiary/aromatic N) is 6. The smallest absolute Gasteiger partial charge is 0.267 e. The Morgan fingerprint density at radius 1 is 1.03 bits per heavy atom. The number of hydrogen-bond acceptors (Lipinski definition) is 7. The topological polar surface area (TPSA) is 113 Å². The van der Waals surface area contributed by atoms with Crippen LogP contribution in [-0.4, -0.2) is 43.9 Å². The number of hydrogen-bond donors (Lipinski definition) is 0. The molecule has 3 heterocycles. The van der Waals surface area contributed by atoms with E-state index in [0.29, 0.717) is 10.7 Å². The van der Waals surface area contributed by atoms with Crippen molar-refractivity contribution >= 4 is 20.6 Å². The molecule has 0 N–H and O–H groups in total. The lowest BCUT2D eigenvalue weighted by molar-refractivity contribution is -0.137. The highest BCUT2D eigenvalue weighted by Crippen LogP contribution is 2.30. The fourth-order valence-electron chi connectivity index (χ4n) is 2.90. The molecule has 0 saturated carbocycles. The van der Waals surface area contributed by atoms with Gasteiger partial charge in [0.15, 0.2) is 15.7 Å². The first kappa shape index (κ1) is 20.7. The van der Waals surface area contributed by atoms with E-state index in [1.807, 2.05) is 0 Å². The largest absolute Gasteiger partial charge is 0.416 e. The molecule has 4 aromatic rings. The van der Waals surface area contributed by atoms with Crippen molar-refractivity contribution in [3.8, 4) is 11.5 Å². The van der Waals surface area contributed by atoms with Crippen molar-refractivity contribution in [3.05, 3.63) is 65.0 Å². The molecule has 0 aliphatic heterocycles. The quantitative estimate of drug-likeness (QED) is 0.468. The molecule has 1 aromatic carbocycles. The van der Waals surface area contributed by atoms with Crippen LogP contribution in [0.4, 0.5) is 13.2 Å². The van der Waals surface area contributed by atoms with E-state index in [-0.39, 0.29) is 32.9 Å². The van der Waals surface area contributed by atoms with Crippen LogP contribution in [0.1, 0.15) is 12.5 Å². The Balaban J connectivity index is 1.99. The van der Waals surface area contributed by atoms with E-state index in [1.54, 1.807) is 0 Å². The van der Waals surface area contributed by atoms with Gasteiger partial charge < -0.3 is 0 Å². The minimum Gasteiger partial charge on any atom is -0.267 e. The molecule has 0 amide bonds. The van der Waals surface area contributed by atoms with Gasteiger partial charge in [0, 0.05) is 5.39 Å². The number of rotatable bonds is 4. The molecular weight excluding hydrogens is 437 g/mol. The van der Waals surface area contributed by atoms with Crippen LogP contribution in [0.15, 0.2) is 58.7 Å². The zero-order chi connectivity index (χ0) is 22.4. The van der Waals surface area contributed by atoms with Crippen LogP contribution in [-0.2, 0) is 16.0 Å². The maximum absolute atomic E-state index is 13.1. The van der Waals surface area contributed by atoms with Gasteiger partial charge in [0.05, 0.1) is 41.5 Å². The first-order chi connectivity index (χ1) is 14.6. The molecule has 3 aromatic heterocycles. The Morgan fingerprint density at radius 2 is 1.74 bits per heavy atom. The number of pyridine rings is 1. The molecule has 0 aliphatic carbocycles. The van der Waals surface area contributed by atoms with Gasteiger partial charge in [0.25, 0.3) is 5.56 Å². The Kier molecular flexibility index (Phi) is 4.84. The zero-order valence-corrected chi connectivity index (χ0v) is 16.6. The molecule has 0 unspecified atom stereocenters. The Labute approximate surface area is 172 Å². The van der Waals surface area contributed by atoms with Gasteiger partial charge in [-0.25, -0.2) is 13.4 Å². The van der Waals surface area contributed by atoms with E-state index >= 15 is 0 Å². The van der Waals surface area contributed by atoms with E-state index in [0.717, 1.165) is 16.9 Å². The normalized spacial score (nSPS) is 12.4. The minimum absolute atomic E-state index is 0.173. The summed E-state index contributed by atoms with van der Waals surface area (Å²) in [7, 11) is -3.90. The van der Waals surface area contributed by atoms with Crippen LogP contribution in [0.2, 0.25) is 0 Å². The molecule has 0 saturated heterocycles. The summed E-state index contributed by atoms with van der Waals surface area (Å²) in [4.78, 5) is 17.8. The number of halogens is 3. The average molecular weight is 450 g/mol. The first-order valence-corrected chi connectivity index (χ1v) is 10.5. The Hall–Kier alpha value is -3.61. The van der Waals surface area contributed by atoms with E-state index in [4.69, 9.17) is 0 Å². The second kappa shape index (κ2) is 7.27. The lowest BCUT2D eigenvalue weighted by Gasteiger charge is -2.12. The van der Waals surface area contributed by atoms with E-state index in [9.17, 15) is 26.4 Å². The molecule has 0 spiro atoms. The highest BCUT2D eigenvalue weighted by molar-refractivity contribution is 7.91. The number of alkyl halides is 3. The molecule has 0 bridgehead atoms. The monoisotopic (exact) mass is 450 g/mol. The van der Waals surface area contributed by atoms with Gasteiger partial charge in [0.2, 0.25) is 0 Å². The third-order valence-corrected chi connectivity index (χ3v) is 6.23. The summed E-state index contributed by atoms with van der Waals surface area (Å²) in [6.45, 7) is 1.41. The Morgan fingerprint density at radius 3 is 2.39 bits per heavy atom. The van der Waals surface area contributed by atoms with Gasteiger partial charge in [-0.1, -0.05) is 13.0 Å². The fraction of sp³-hybridized carbons (Fsp3) is 0.167. The summed E-state index contributed by atoms with van der Waals surface area (Å²) in [5, 5.41) is 11.6. The van der Waals surface area contributed by atoms with Gasteiger partial charge in [-0.05, 0) is 18.2 Å². The van der Waals surface area contributed by atoms with Crippen molar-refractivity contribution in [1.29, 1.82) is 0 Å². The maximum atomic E-state index is 13.1. The SMILES string of the molecule is CCS(=O)(=O)c1cc(-n2nccn2)cnc1-n1ncc2ccc(C(F)(F)F)cc2c1=O. The van der Waals surface area contributed by atoms with E-state index in [1.165, 1.54) is 37.8 Å². The maximum Gasteiger partial charge on any atom is 0.416 e. The molecule has 0 fully saturated rings. The van der Waals surface area contributed by atoms with Gasteiger partial charge >= 0.3 is 6.18 Å². The van der Waals surface area contributed by atoms with Gasteiger partial charge in [-0.3, -0.25) is 4.79 Å². The fourth-order valence-corrected chi connectivity index (χ4v) is 3.93. The molecular formula is C18H13F3N6O3S. The van der Waals surface area contributed by atoms with Gasteiger partial charge in [-0.15, -0.1) is 0 Å². The Bertz CT molecular complexity index is 1450. The van der Waals surface area contributed by atoms with Crippen molar-refractivity contribution in [2.24, 2.45) is 0 Å². The molecule has 160 valence electrons. The molecule has 0 aliphatic rings. The second-order valence-electron chi connectivity index (χ2n) is 6.40. The van der Waals surface area contributed by atoms with Crippen LogP contribution >= 0.6 is 0 Å². The molecule has 9 nitrogen and oxygen atoms in total. The van der Waals surface area contributed by atoms with Crippen molar-refractivity contribution in [2.75, 3.05) is 5.75 Å². The van der Waals surface area contributed by atoms with Crippen LogP contribution < -0.4 is 5.56 Å². The summed E-state index contributed by atoms with van der Waals surface area (Å²) in [6.07, 6.45) is 0.519. The second-order valence-corrected chi connectivity index (χ2v) is 8.65. The molecule has 31 heavy (non-hydrogen) atoms. The van der Waals surface area contributed by atoms with Gasteiger partial charge in [0.1, 0.15) is 10.6 Å². The van der Waals surface area contributed by atoms with Gasteiger partial charge in [-0.2, -0.15) is 37.9 Å². The number of sulfone groups is 1. The summed E-state index contributed by atoms with van der Waals surface area (Å²) < 4.78 is 65.3. The minimum atomic E-state index is -4.65.